The zero-order valence-electron chi connectivity index (χ0n) is 23.8. The van der Waals surface area contributed by atoms with Gasteiger partial charge in [-0.3, -0.25) is 4.98 Å². The van der Waals surface area contributed by atoms with E-state index in [-0.39, 0.29) is 46.4 Å². The van der Waals surface area contributed by atoms with Crippen LogP contribution >= 0.6 is 11.6 Å². The fourth-order valence-corrected chi connectivity index (χ4v) is 5.54. The van der Waals surface area contributed by atoms with Crippen molar-refractivity contribution in [3.8, 4) is 16.9 Å². The molecule has 1 saturated carbocycles. The monoisotopic (exact) mass is 658 g/mol. The molecule has 242 valence electrons. The molecule has 1 fully saturated rings. The fourth-order valence-electron chi connectivity index (χ4n) is 5.38. The SMILES string of the molecule is CC1(OC(=O)C(F)(F)F)CCC(CC(CNc2ccc(C(=O)O)cc2)c2ccc(-c3c(OC(F)F)ccc(Cl)c3F)cn2)CC1. The number of rotatable bonds is 11. The maximum Gasteiger partial charge on any atom is 0.490 e. The van der Waals surface area contributed by atoms with Gasteiger partial charge in [0.1, 0.15) is 11.4 Å². The number of benzene rings is 2. The van der Waals surface area contributed by atoms with E-state index in [1.165, 1.54) is 31.3 Å². The molecule has 2 aromatic carbocycles. The van der Waals surface area contributed by atoms with Gasteiger partial charge in [0.15, 0.2) is 5.82 Å². The van der Waals surface area contributed by atoms with E-state index >= 15 is 0 Å². The lowest BCUT2D eigenvalue weighted by atomic mass is 9.75. The molecule has 0 aliphatic heterocycles. The number of alkyl halides is 5. The van der Waals surface area contributed by atoms with Gasteiger partial charge in [0.25, 0.3) is 0 Å². The molecule has 1 atom stereocenters. The third kappa shape index (κ3) is 8.80. The summed E-state index contributed by atoms with van der Waals surface area (Å²) in [5.41, 5.74) is -0.0907. The molecule has 0 amide bonds. The molecule has 45 heavy (non-hydrogen) atoms. The number of aromatic carboxylic acids is 1. The second kappa shape index (κ2) is 14.0. The lowest BCUT2D eigenvalue weighted by Crippen LogP contribution is -2.40. The summed E-state index contributed by atoms with van der Waals surface area (Å²) in [6.45, 7) is -1.40. The second-order valence-electron chi connectivity index (χ2n) is 11.1. The van der Waals surface area contributed by atoms with Crippen LogP contribution in [0.5, 0.6) is 5.75 Å². The average Bonchev–Trinajstić information content (AvgIpc) is 2.98. The van der Waals surface area contributed by atoms with Crippen LogP contribution in [0.15, 0.2) is 54.7 Å². The topological polar surface area (TPSA) is 97.8 Å². The lowest BCUT2D eigenvalue weighted by molar-refractivity contribution is -0.215. The molecule has 0 saturated heterocycles. The number of carboxylic acid groups (broad SMARTS) is 1. The maximum atomic E-state index is 14.9. The van der Waals surface area contributed by atoms with Crippen molar-refractivity contribution in [2.75, 3.05) is 11.9 Å². The highest BCUT2D eigenvalue weighted by Gasteiger charge is 2.46. The van der Waals surface area contributed by atoms with E-state index in [0.717, 1.165) is 12.1 Å². The number of nitrogens with zero attached hydrogens (tertiary/aromatic N) is 1. The van der Waals surface area contributed by atoms with E-state index in [1.807, 2.05) is 0 Å². The summed E-state index contributed by atoms with van der Waals surface area (Å²) in [7, 11) is 0. The van der Waals surface area contributed by atoms with Crippen molar-refractivity contribution in [1.82, 2.24) is 4.98 Å². The van der Waals surface area contributed by atoms with Gasteiger partial charge in [-0.2, -0.15) is 22.0 Å². The molecule has 14 heteroatoms. The summed E-state index contributed by atoms with van der Waals surface area (Å²) < 4.78 is 88.5. The molecular formula is C31H29ClF6N2O5. The van der Waals surface area contributed by atoms with Crippen LogP contribution in [-0.4, -0.2) is 47.0 Å². The van der Waals surface area contributed by atoms with Crippen LogP contribution in [0.4, 0.5) is 32.0 Å². The van der Waals surface area contributed by atoms with Gasteiger partial charge in [0, 0.05) is 35.6 Å². The molecule has 0 spiro atoms. The van der Waals surface area contributed by atoms with E-state index in [2.05, 4.69) is 15.0 Å². The Morgan fingerprint density at radius 1 is 1.09 bits per heavy atom. The molecule has 1 unspecified atom stereocenters. The quantitative estimate of drug-likeness (QED) is 0.158. The number of carbonyl (C=O) groups is 2. The second-order valence-corrected chi connectivity index (χ2v) is 11.5. The van der Waals surface area contributed by atoms with Crippen molar-refractivity contribution in [2.45, 2.75) is 63.3 Å². The molecule has 1 heterocycles. The molecule has 0 radical (unpaired) electrons. The number of esters is 1. The third-order valence-corrected chi connectivity index (χ3v) is 8.09. The Balaban J connectivity index is 1.55. The number of hydrogen-bond donors (Lipinski definition) is 2. The normalized spacial score (nSPS) is 19.2. The van der Waals surface area contributed by atoms with Crippen molar-refractivity contribution < 1.29 is 50.5 Å². The highest BCUT2D eigenvalue weighted by molar-refractivity contribution is 6.31. The minimum Gasteiger partial charge on any atom is -0.478 e. The first-order chi connectivity index (χ1) is 21.1. The predicted molar refractivity (Wildman–Crippen MR) is 153 cm³/mol. The minimum absolute atomic E-state index is 0.0294. The first-order valence-electron chi connectivity index (χ1n) is 13.9. The van der Waals surface area contributed by atoms with Crippen molar-refractivity contribution >= 4 is 29.2 Å². The number of pyridine rings is 1. The van der Waals surface area contributed by atoms with Crippen LogP contribution in [0.2, 0.25) is 5.02 Å². The first-order valence-corrected chi connectivity index (χ1v) is 14.3. The van der Waals surface area contributed by atoms with Crippen molar-refractivity contribution in [1.29, 1.82) is 0 Å². The Bertz CT molecular complexity index is 1490. The van der Waals surface area contributed by atoms with Gasteiger partial charge in [0.2, 0.25) is 0 Å². The van der Waals surface area contributed by atoms with Crippen LogP contribution in [0.3, 0.4) is 0 Å². The number of carbonyl (C=O) groups excluding carboxylic acids is 1. The zero-order valence-corrected chi connectivity index (χ0v) is 24.6. The number of carboxylic acids is 1. The Labute approximate surface area is 259 Å². The molecule has 4 rings (SSSR count). The summed E-state index contributed by atoms with van der Waals surface area (Å²) in [5, 5.41) is 12.1. The molecule has 0 bridgehead atoms. The highest BCUT2D eigenvalue weighted by atomic mass is 35.5. The van der Waals surface area contributed by atoms with Gasteiger partial charge < -0.3 is 19.9 Å². The molecule has 2 N–H and O–H groups in total. The van der Waals surface area contributed by atoms with Crippen molar-refractivity contribution in [3.05, 3.63) is 76.8 Å². The van der Waals surface area contributed by atoms with E-state index in [9.17, 15) is 35.9 Å². The number of anilines is 1. The van der Waals surface area contributed by atoms with Crippen LogP contribution in [0.25, 0.3) is 11.1 Å². The lowest BCUT2D eigenvalue weighted by Gasteiger charge is -2.38. The van der Waals surface area contributed by atoms with Crippen LogP contribution in [0, 0.1) is 11.7 Å². The fraction of sp³-hybridized carbons (Fsp3) is 0.387. The third-order valence-electron chi connectivity index (χ3n) is 7.80. The zero-order chi connectivity index (χ0) is 32.9. The summed E-state index contributed by atoms with van der Waals surface area (Å²) in [6, 6.07) is 11.4. The summed E-state index contributed by atoms with van der Waals surface area (Å²) >= 11 is 5.90. The van der Waals surface area contributed by atoms with Gasteiger partial charge in [-0.05, 0) is 87.4 Å². The van der Waals surface area contributed by atoms with Gasteiger partial charge in [-0.15, -0.1) is 0 Å². The highest BCUT2D eigenvalue weighted by Crippen LogP contribution is 2.41. The Morgan fingerprint density at radius 2 is 1.76 bits per heavy atom. The number of aromatic nitrogens is 1. The largest absolute Gasteiger partial charge is 0.490 e. The van der Waals surface area contributed by atoms with Crippen molar-refractivity contribution in [3.63, 3.8) is 0 Å². The number of ether oxygens (including phenoxy) is 2. The summed E-state index contributed by atoms with van der Waals surface area (Å²) in [4.78, 5) is 27.1. The Kier molecular flexibility index (Phi) is 10.5. The summed E-state index contributed by atoms with van der Waals surface area (Å²) in [5.74, 6) is -4.92. The Hall–Kier alpha value is -4.00. The van der Waals surface area contributed by atoms with E-state index in [4.69, 9.17) is 21.4 Å². The van der Waals surface area contributed by atoms with Gasteiger partial charge in [-0.25, -0.2) is 14.0 Å². The smallest absolute Gasteiger partial charge is 0.478 e. The maximum absolute atomic E-state index is 14.9. The minimum atomic E-state index is -5.09. The predicted octanol–water partition coefficient (Wildman–Crippen LogP) is 8.48. The van der Waals surface area contributed by atoms with Gasteiger partial charge in [-0.1, -0.05) is 17.7 Å². The first kappa shape index (κ1) is 33.9. The van der Waals surface area contributed by atoms with Crippen LogP contribution in [0.1, 0.15) is 61.0 Å². The molecule has 7 nitrogen and oxygen atoms in total. The van der Waals surface area contributed by atoms with Gasteiger partial charge >= 0.3 is 24.7 Å². The number of nitrogens with one attached hydrogen (secondary N) is 1. The number of halogens is 7. The van der Waals surface area contributed by atoms with E-state index in [0.29, 0.717) is 37.2 Å². The van der Waals surface area contributed by atoms with Crippen LogP contribution in [-0.2, 0) is 9.53 Å². The standard InChI is InChI=1S/C31H29ClF6N2O5/c1-30(45-28(43)31(36,37)38)12-10-17(11-13-30)14-20(16-39-21-5-2-18(3-6-21)27(41)42)23-8-4-19(15-40-23)25-24(44-29(34)35)9-7-22(32)26(25)33/h2-9,15,17,20,29,39H,10-14,16H2,1H3,(H,41,42). The molecule has 1 aliphatic rings. The Morgan fingerprint density at radius 3 is 2.31 bits per heavy atom. The van der Waals surface area contributed by atoms with Crippen LogP contribution < -0.4 is 10.1 Å². The molecular weight excluding hydrogens is 630 g/mol. The summed E-state index contributed by atoms with van der Waals surface area (Å²) in [6.07, 6.45) is -1.84. The number of hydrogen-bond acceptors (Lipinski definition) is 6. The molecule has 3 aromatic rings. The van der Waals surface area contributed by atoms with Gasteiger partial charge in [0.05, 0.1) is 16.1 Å². The van der Waals surface area contributed by atoms with E-state index < -0.39 is 41.9 Å². The molecule has 1 aliphatic carbocycles. The average molecular weight is 659 g/mol. The van der Waals surface area contributed by atoms with E-state index in [1.54, 1.807) is 18.2 Å². The molecule has 1 aromatic heterocycles. The van der Waals surface area contributed by atoms with Crippen molar-refractivity contribution in [2.24, 2.45) is 5.92 Å².